The quantitative estimate of drug-likeness (QED) is 0.742. The van der Waals surface area contributed by atoms with E-state index in [4.69, 9.17) is 0 Å². The first kappa shape index (κ1) is 16.0. The van der Waals surface area contributed by atoms with Gasteiger partial charge in [0.25, 0.3) is 0 Å². The van der Waals surface area contributed by atoms with Crippen LogP contribution >= 0.6 is 0 Å². The number of amides is 1. The topological polar surface area (TPSA) is 51.1 Å². The summed E-state index contributed by atoms with van der Waals surface area (Å²) < 4.78 is 2.11. The van der Waals surface area contributed by atoms with Gasteiger partial charge in [0.1, 0.15) is 0 Å². The number of aryl methyl sites for hydroxylation is 1. The van der Waals surface area contributed by atoms with Gasteiger partial charge in [0.15, 0.2) is 5.78 Å². The average molecular weight is 320 g/mol. The summed E-state index contributed by atoms with van der Waals surface area (Å²) in [5.74, 6) is -0.0516. The number of para-hydroxylation sites is 1. The van der Waals surface area contributed by atoms with Gasteiger partial charge >= 0.3 is 0 Å². The highest BCUT2D eigenvalue weighted by molar-refractivity contribution is 5.98. The number of rotatable bonds is 4. The third-order valence-corrected chi connectivity index (χ3v) is 4.44. The van der Waals surface area contributed by atoms with E-state index in [9.17, 15) is 9.59 Å². The van der Waals surface area contributed by atoms with Crippen LogP contribution in [0.4, 0.5) is 5.69 Å². The van der Waals surface area contributed by atoms with E-state index in [1.54, 1.807) is 24.3 Å². The van der Waals surface area contributed by atoms with Crippen LogP contribution in [0.3, 0.4) is 0 Å². The van der Waals surface area contributed by atoms with E-state index in [2.05, 4.69) is 16.0 Å². The van der Waals surface area contributed by atoms with Gasteiger partial charge in [-0.15, -0.1) is 0 Å². The average Bonchev–Trinajstić information content (AvgIpc) is 2.81. The molecular formula is C20H20N2O2. The van der Waals surface area contributed by atoms with Crippen molar-refractivity contribution in [2.75, 3.05) is 5.32 Å². The Kier molecular flexibility index (Phi) is 4.21. The van der Waals surface area contributed by atoms with Crippen molar-refractivity contribution in [3.63, 3.8) is 0 Å². The van der Waals surface area contributed by atoms with Crippen LogP contribution in [-0.2, 0) is 18.3 Å². The molecule has 24 heavy (non-hydrogen) atoms. The standard InChI is InChI=1S/C20H20N2O2/c1-13-18(17-6-4-5-7-19(17)22(13)3)12-20(24)21-16-10-8-15(9-11-16)14(2)23/h4-11H,12H2,1-3H3,(H,21,24). The van der Waals surface area contributed by atoms with E-state index >= 15 is 0 Å². The van der Waals surface area contributed by atoms with Gasteiger partial charge < -0.3 is 9.88 Å². The predicted octanol–water partition coefficient (Wildman–Crippen LogP) is 3.87. The molecule has 0 aliphatic carbocycles. The maximum absolute atomic E-state index is 12.4. The largest absolute Gasteiger partial charge is 0.348 e. The van der Waals surface area contributed by atoms with Crippen molar-refractivity contribution < 1.29 is 9.59 Å². The number of anilines is 1. The number of aromatic nitrogens is 1. The number of fused-ring (bicyclic) bond motifs is 1. The summed E-state index contributed by atoms with van der Waals surface area (Å²) >= 11 is 0. The zero-order valence-corrected chi connectivity index (χ0v) is 14.1. The Bertz CT molecular complexity index is 921. The number of hydrogen-bond acceptors (Lipinski definition) is 2. The number of carbonyl (C=O) groups is 2. The van der Waals surface area contributed by atoms with E-state index < -0.39 is 0 Å². The Morgan fingerprint density at radius 3 is 2.38 bits per heavy atom. The lowest BCUT2D eigenvalue weighted by molar-refractivity contribution is -0.115. The summed E-state index contributed by atoms with van der Waals surface area (Å²) in [5.41, 5.74) is 4.61. The predicted molar refractivity (Wildman–Crippen MR) is 96.4 cm³/mol. The zero-order valence-electron chi connectivity index (χ0n) is 14.1. The Labute approximate surface area is 141 Å². The summed E-state index contributed by atoms with van der Waals surface area (Å²) in [5, 5.41) is 4.01. The lowest BCUT2D eigenvalue weighted by Crippen LogP contribution is -2.15. The zero-order chi connectivity index (χ0) is 17.3. The molecule has 122 valence electrons. The molecule has 0 atom stereocenters. The molecule has 0 aliphatic heterocycles. The highest BCUT2D eigenvalue weighted by Gasteiger charge is 2.14. The van der Waals surface area contributed by atoms with Gasteiger partial charge in [-0.2, -0.15) is 0 Å². The number of benzene rings is 2. The minimum Gasteiger partial charge on any atom is -0.348 e. The van der Waals surface area contributed by atoms with E-state index in [1.165, 1.54) is 6.92 Å². The van der Waals surface area contributed by atoms with Crippen LogP contribution in [0.15, 0.2) is 48.5 Å². The molecule has 2 aromatic carbocycles. The van der Waals surface area contributed by atoms with Gasteiger partial charge in [0.05, 0.1) is 6.42 Å². The number of nitrogens with one attached hydrogen (secondary N) is 1. The van der Waals surface area contributed by atoms with E-state index in [0.29, 0.717) is 17.7 Å². The van der Waals surface area contributed by atoms with Gasteiger partial charge in [0.2, 0.25) is 5.91 Å². The lowest BCUT2D eigenvalue weighted by Gasteiger charge is -2.07. The number of ketones is 1. The van der Waals surface area contributed by atoms with E-state index in [1.807, 2.05) is 32.2 Å². The molecule has 0 saturated heterocycles. The number of carbonyl (C=O) groups excluding carboxylic acids is 2. The lowest BCUT2D eigenvalue weighted by atomic mass is 10.1. The SMILES string of the molecule is CC(=O)c1ccc(NC(=O)Cc2c(C)n(C)c3ccccc23)cc1. The smallest absolute Gasteiger partial charge is 0.228 e. The molecule has 4 heteroatoms. The Morgan fingerprint density at radius 2 is 1.71 bits per heavy atom. The number of nitrogens with zero attached hydrogens (tertiary/aromatic N) is 1. The monoisotopic (exact) mass is 320 g/mol. The molecular weight excluding hydrogens is 300 g/mol. The second kappa shape index (κ2) is 6.32. The van der Waals surface area contributed by atoms with Crippen molar-refractivity contribution in [1.29, 1.82) is 0 Å². The van der Waals surface area contributed by atoms with Gasteiger partial charge in [-0.3, -0.25) is 9.59 Å². The van der Waals surface area contributed by atoms with Crippen LogP contribution in [0.2, 0.25) is 0 Å². The summed E-state index contributed by atoms with van der Waals surface area (Å²) in [6.07, 6.45) is 0.321. The van der Waals surface area contributed by atoms with Crippen molar-refractivity contribution in [2.45, 2.75) is 20.3 Å². The van der Waals surface area contributed by atoms with Gasteiger partial charge in [-0.1, -0.05) is 18.2 Å². The van der Waals surface area contributed by atoms with Crippen LogP contribution in [0, 0.1) is 6.92 Å². The van der Waals surface area contributed by atoms with E-state index in [-0.39, 0.29) is 11.7 Å². The molecule has 0 saturated carbocycles. The number of Topliss-reactive ketones (excluding diaryl/α,β-unsaturated/α-hetero) is 1. The minimum absolute atomic E-state index is 0.0132. The van der Waals surface area contributed by atoms with Crippen molar-refractivity contribution in [3.8, 4) is 0 Å². The van der Waals surface area contributed by atoms with Crippen LogP contribution in [0.25, 0.3) is 10.9 Å². The van der Waals surface area contributed by atoms with Crippen molar-refractivity contribution >= 4 is 28.3 Å². The maximum Gasteiger partial charge on any atom is 0.228 e. The first-order valence-electron chi connectivity index (χ1n) is 7.91. The Morgan fingerprint density at radius 1 is 1.04 bits per heavy atom. The molecule has 0 fully saturated rings. The molecule has 1 heterocycles. The van der Waals surface area contributed by atoms with Crippen LogP contribution < -0.4 is 5.32 Å². The molecule has 1 aromatic heterocycles. The second-order valence-electron chi connectivity index (χ2n) is 6.00. The summed E-state index contributed by atoms with van der Waals surface area (Å²) in [4.78, 5) is 23.7. The fraction of sp³-hybridized carbons (Fsp3) is 0.200. The molecule has 0 aliphatic rings. The maximum atomic E-state index is 12.4. The molecule has 0 bridgehead atoms. The third-order valence-electron chi connectivity index (χ3n) is 4.44. The summed E-state index contributed by atoms with van der Waals surface area (Å²) in [6.45, 7) is 3.56. The molecule has 0 radical (unpaired) electrons. The van der Waals surface area contributed by atoms with Crippen LogP contribution in [-0.4, -0.2) is 16.3 Å². The normalized spacial score (nSPS) is 10.8. The van der Waals surface area contributed by atoms with Crippen molar-refractivity contribution in [3.05, 3.63) is 65.4 Å². The second-order valence-corrected chi connectivity index (χ2v) is 6.00. The molecule has 0 spiro atoms. The molecule has 3 aromatic rings. The molecule has 3 rings (SSSR count). The first-order chi connectivity index (χ1) is 11.5. The highest BCUT2D eigenvalue weighted by atomic mass is 16.1. The van der Waals surface area contributed by atoms with Crippen LogP contribution in [0.1, 0.15) is 28.5 Å². The van der Waals surface area contributed by atoms with Crippen molar-refractivity contribution in [2.24, 2.45) is 7.05 Å². The van der Waals surface area contributed by atoms with Gasteiger partial charge in [-0.25, -0.2) is 0 Å². The fourth-order valence-electron chi connectivity index (χ4n) is 2.98. The fourth-order valence-corrected chi connectivity index (χ4v) is 2.98. The Balaban J connectivity index is 1.80. The number of hydrogen-bond donors (Lipinski definition) is 1. The van der Waals surface area contributed by atoms with Crippen LogP contribution in [0.5, 0.6) is 0 Å². The first-order valence-corrected chi connectivity index (χ1v) is 7.91. The highest BCUT2D eigenvalue weighted by Crippen LogP contribution is 2.25. The molecule has 0 unspecified atom stereocenters. The Hall–Kier alpha value is -2.88. The third kappa shape index (κ3) is 2.95. The van der Waals surface area contributed by atoms with Gasteiger partial charge in [-0.05, 0) is 49.7 Å². The molecule has 1 N–H and O–H groups in total. The summed E-state index contributed by atoms with van der Waals surface area (Å²) in [7, 11) is 2.01. The van der Waals surface area contributed by atoms with Crippen molar-refractivity contribution in [1.82, 2.24) is 4.57 Å². The minimum atomic E-state index is -0.0648. The molecule has 4 nitrogen and oxygen atoms in total. The summed E-state index contributed by atoms with van der Waals surface area (Å²) in [6, 6.07) is 15.1. The molecule has 1 amide bonds. The van der Waals surface area contributed by atoms with Gasteiger partial charge in [0, 0.05) is 34.9 Å². The van der Waals surface area contributed by atoms with E-state index in [0.717, 1.165) is 22.2 Å².